The molecule has 0 bridgehead atoms. The highest BCUT2D eigenvalue weighted by molar-refractivity contribution is 5.94. The van der Waals surface area contributed by atoms with Crippen LogP contribution in [0.15, 0.2) is 73.1 Å². The lowest BCUT2D eigenvalue weighted by atomic mass is 10.1. The Morgan fingerprint density at radius 2 is 1.44 bits per heavy atom. The van der Waals surface area contributed by atoms with Gasteiger partial charge < -0.3 is 14.4 Å². The second-order valence-electron chi connectivity index (χ2n) is 6.75. The van der Waals surface area contributed by atoms with Gasteiger partial charge in [-0.3, -0.25) is 4.79 Å². The van der Waals surface area contributed by atoms with Crippen molar-refractivity contribution in [3.8, 4) is 5.69 Å². The molecule has 138 valence electrons. The number of hydrogen-bond donors (Lipinski definition) is 0. The zero-order chi connectivity index (χ0) is 18.6. The first kappa shape index (κ1) is 17.3. The molecule has 1 aliphatic heterocycles. The van der Waals surface area contributed by atoms with E-state index in [-0.39, 0.29) is 11.7 Å². The van der Waals surface area contributed by atoms with Gasteiger partial charge in [-0.05, 0) is 67.1 Å². The van der Waals surface area contributed by atoms with Crippen molar-refractivity contribution in [3.63, 3.8) is 0 Å². The summed E-state index contributed by atoms with van der Waals surface area (Å²) in [6, 6.07) is 18.2. The van der Waals surface area contributed by atoms with Crippen LogP contribution < -0.4 is 4.90 Å². The highest BCUT2D eigenvalue weighted by Gasteiger charge is 2.20. The summed E-state index contributed by atoms with van der Waals surface area (Å²) in [5.41, 5.74) is 2.75. The number of benzene rings is 2. The van der Waals surface area contributed by atoms with Gasteiger partial charge in [0.2, 0.25) is 0 Å². The lowest BCUT2D eigenvalue weighted by Gasteiger charge is -2.24. The maximum absolute atomic E-state index is 13.1. The van der Waals surface area contributed by atoms with Crippen LogP contribution in [0.2, 0.25) is 0 Å². The van der Waals surface area contributed by atoms with Gasteiger partial charge in [-0.15, -0.1) is 0 Å². The maximum atomic E-state index is 13.1. The third-order valence-corrected chi connectivity index (χ3v) is 4.99. The number of carbonyl (C=O) groups excluding carboxylic acids is 1. The van der Waals surface area contributed by atoms with E-state index in [9.17, 15) is 9.18 Å². The molecular formula is C22H22FN3O. The first-order chi connectivity index (χ1) is 13.2. The van der Waals surface area contributed by atoms with Crippen molar-refractivity contribution in [3.05, 3.63) is 84.4 Å². The van der Waals surface area contributed by atoms with E-state index in [1.165, 1.54) is 12.1 Å². The summed E-state index contributed by atoms with van der Waals surface area (Å²) in [4.78, 5) is 17.0. The number of nitrogens with zero attached hydrogens (tertiary/aromatic N) is 3. The van der Waals surface area contributed by atoms with Gasteiger partial charge in [0.1, 0.15) is 5.82 Å². The van der Waals surface area contributed by atoms with Crippen LogP contribution >= 0.6 is 0 Å². The van der Waals surface area contributed by atoms with E-state index in [1.807, 2.05) is 58.3 Å². The van der Waals surface area contributed by atoms with Crippen molar-refractivity contribution < 1.29 is 9.18 Å². The molecule has 3 aromatic rings. The third kappa shape index (κ3) is 3.87. The number of aromatic nitrogens is 1. The van der Waals surface area contributed by atoms with Gasteiger partial charge in [0.15, 0.2) is 0 Å². The quantitative estimate of drug-likeness (QED) is 0.704. The number of carbonyl (C=O) groups is 1. The fourth-order valence-corrected chi connectivity index (χ4v) is 3.50. The topological polar surface area (TPSA) is 28.5 Å². The molecule has 1 saturated heterocycles. The number of rotatable bonds is 3. The molecule has 1 amide bonds. The van der Waals surface area contributed by atoms with Gasteiger partial charge in [-0.2, -0.15) is 0 Å². The van der Waals surface area contributed by atoms with E-state index >= 15 is 0 Å². The van der Waals surface area contributed by atoms with Gasteiger partial charge >= 0.3 is 0 Å². The summed E-state index contributed by atoms with van der Waals surface area (Å²) in [7, 11) is 0. The molecule has 0 atom stereocenters. The van der Waals surface area contributed by atoms with E-state index in [4.69, 9.17) is 0 Å². The van der Waals surface area contributed by atoms with Gasteiger partial charge in [0.05, 0.1) is 0 Å². The molecule has 1 aliphatic rings. The normalized spacial score (nSPS) is 14.9. The Labute approximate surface area is 158 Å². The minimum atomic E-state index is -0.228. The molecule has 0 aliphatic carbocycles. The van der Waals surface area contributed by atoms with E-state index in [1.54, 1.807) is 12.1 Å². The minimum Gasteiger partial charge on any atom is -0.370 e. The molecule has 0 unspecified atom stereocenters. The predicted molar refractivity (Wildman–Crippen MR) is 105 cm³/mol. The molecule has 2 aromatic carbocycles. The second-order valence-corrected chi connectivity index (χ2v) is 6.75. The van der Waals surface area contributed by atoms with Crippen LogP contribution in [0, 0.1) is 5.82 Å². The number of amides is 1. The predicted octanol–water partition coefficient (Wildman–Crippen LogP) is 3.97. The van der Waals surface area contributed by atoms with Gasteiger partial charge in [0.25, 0.3) is 5.91 Å². The lowest BCUT2D eigenvalue weighted by molar-refractivity contribution is 0.0767. The van der Waals surface area contributed by atoms with Crippen molar-refractivity contribution in [1.82, 2.24) is 9.47 Å². The molecule has 27 heavy (non-hydrogen) atoms. The molecule has 2 heterocycles. The molecule has 0 radical (unpaired) electrons. The smallest absolute Gasteiger partial charge is 0.253 e. The van der Waals surface area contributed by atoms with E-state index in [0.717, 1.165) is 37.4 Å². The zero-order valence-electron chi connectivity index (χ0n) is 15.1. The van der Waals surface area contributed by atoms with E-state index in [0.29, 0.717) is 12.1 Å². The largest absolute Gasteiger partial charge is 0.370 e. The highest BCUT2D eigenvalue weighted by atomic mass is 19.1. The molecule has 0 saturated carbocycles. The average Bonchev–Trinajstić information content (AvgIpc) is 3.13. The fourth-order valence-electron chi connectivity index (χ4n) is 3.50. The van der Waals surface area contributed by atoms with Crippen molar-refractivity contribution in [2.45, 2.75) is 6.42 Å². The molecule has 5 heteroatoms. The molecule has 1 fully saturated rings. The van der Waals surface area contributed by atoms with Crippen LogP contribution in [0.3, 0.4) is 0 Å². The number of halogens is 1. The first-order valence-corrected chi connectivity index (χ1v) is 9.24. The molecule has 0 spiro atoms. The Kier molecular flexibility index (Phi) is 4.92. The summed E-state index contributed by atoms with van der Waals surface area (Å²) in [6.45, 7) is 3.01. The summed E-state index contributed by atoms with van der Waals surface area (Å²) < 4.78 is 15.1. The monoisotopic (exact) mass is 363 g/mol. The molecular weight excluding hydrogens is 341 g/mol. The Hall–Kier alpha value is -3.08. The zero-order valence-corrected chi connectivity index (χ0v) is 15.1. The van der Waals surface area contributed by atoms with E-state index < -0.39 is 0 Å². The SMILES string of the molecule is O=C(c1ccc(-n2cccc2)cc1)N1CCCN(c2ccc(F)cc2)CC1. The van der Waals surface area contributed by atoms with Gasteiger partial charge in [0, 0.05) is 55.5 Å². The minimum absolute atomic E-state index is 0.0648. The summed E-state index contributed by atoms with van der Waals surface area (Å²) in [5, 5.41) is 0. The molecule has 4 nitrogen and oxygen atoms in total. The van der Waals surface area contributed by atoms with Crippen LogP contribution in [0.25, 0.3) is 5.69 Å². The fraction of sp³-hybridized carbons (Fsp3) is 0.227. The van der Waals surface area contributed by atoms with Gasteiger partial charge in [-0.25, -0.2) is 4.39 Å². The number of hydrogen-bond acceptors (Lipinski definition) is 2. The summed E-state index contributed by atoms with van der Waals surface area (Å²) >= 11 is 0. The van der Waals surface area contributed by atoms with E-state index in [2.05, 4.69) is 4.90 Å². The van der Waals surface area contributed by atoms with Crippen LogP contribution in [0.4, 0.5) is 10.1 Å². The average molecular weight is 363 g/mol. The summed E-state index contributed by atoms with van der Waals surface area (Å²) in [5.74, 6) is -0.163. The van der Waals surface area contributed by atoms with Crippen molar-refractivity contribution >= 4 is 11.6 Å². The Balaban J connectivity index is 1.42. The van der Waals surface area contributed by atoms with Crippen molar-refractivity contribution in [2.24, 2.45) is 0 Å². The first-order valence-electron chi connectivity index (χ1n) is 9.24. The van der Waals surface area contributed by atoms with Crippen LogP contribution in [0.5, 0.6) is 0 Å². The van der Waals surface area contributed by atoms with Crippen LogP contribution in [-0.4, -0.2) is 41.6 Å². The Bertz CT molecular complexity index is 888. The second kappa shape index (κ2) is 7.66. The Morgan fingerprint density at radius 1 is 0.778 bits per heavy atom. The lowest BCUT2D eigenvalue weighted by Crippen LogP contribution is -2.35. The van der Waals surface area contributed by atoms with Gasteiger partial charge in [-0.1, -0.05) is 0 Å². The van der Waals surface area contributed by atoms with Crippen LogP contribution in [0.1, 0.15) is 16.8 Å². The maximum Gasteiger partial charge on any atom is 0.253 e. The Morgan fingerprint density at radius 3 is 2.15 bits per heavy atom. The highest BCUT2D eigenvalue weighted by Crippen LogP contribution is 2.18. The van der Waals surface area contributed by atoms with Crippen LogP contribution in [-0.2, 0) is 0 Å². The van der Waals surface area contributed by atoms with Crippen molar-refractivity contribution in [1.29, 1.82) is 0 Å². The molecule has 4 rings (SSSR count). The number of anilines is 1. The summed E-state index contributed by atoms with van der Waals surface area (Å²) in [6.07, 6.45) is 4.86. The molecule has 1 aromatic heterocycles. The molecule has 0 N–H and O–H groups in total. The standard InChI is InChI=1S/C22H22FN3O/c23-19-6-10-21(11-7-19)25-14-3-15-26(17-16-25)22(27)18-4-8-20(9-5-18)24-12-1-2-13-24/h1-2,4-13H,3,14-17H2. The van der Waals surface area contributed by atoms with Crippen molar-refractivity contribution in [2.75, 3.05) is 31.1 Å². The third-order valence-electron chi connectivity index (χ3n) is 4.99.